The first kappa shape index (κ1) is 18.5. The normalized spacial score (nSPS) is 15.5. The topological polar surface area (TPSA) is 72.5 Å². The van der Waals surface area contributed by atoms with Gasteiger partial charge in [-0.25, -0.2) is 26.7 Å². The van der Waals surface area contributed by atoms with E-state index in [1.807, 2.05) is 0 Å². The van der Waals surface area contributed by atoms with Crippen LogP contribution in [0.15, 0.2) is 47.4 Å². The molecule has 1 aliphatic rings. The zero-order valence-corrected chi connectivity index (χ0v) is 14.7. The molecule has 138 valence electrons. The number of sulfonamides is 1. The minimum atomic E-state index is -3.70. The van der Waals surface area contributed by atoms with Gasteiger partial charge in [0, 0.05) is 17.7 Å². The monoisotopic (exact) mass is 381 g/mol. The summed E-state index contributed by atoms with van der Waals surface area (Å²) in [6, 6.07) is 8.34. The quantitative estimate of drug-likeness (QED) is 0.779. The Balaban J connectivity index is 1.76. The molecule has 0 radical (unpaired) electrons. The molecule has 0 bridgehead atoms. The highest BCUT2D eigenvalue weighted by Crippen LogP contribution is 2.24. The van der Waals surface area contributed by atoms with Gasteiger partial charge in [-0.1, -0.05) is 6.07 Å². The lowest BCUT2D eigenvalue weighted by atomic mass is 10.1. The van der Waals surface area contributed by atoms with Gasteiger partial charge in [-0.2, -0.15) is 0 Å². The number of nitrogens with one attached hydrogen (secondary N) is 1. The van der Waals surface area contributed by atoms with Crippen molar-refractivity contribution in [2.45, 2.75) is 36.8 Å². The molecular formula is C18H17F2NO4S. The van der Waals surface area contributed by atoms with E-state index in [0.29, 0.717) is 6.07 Å². The van der Waals surface area contributed by atoms with Crippen LogP contribution < -0.4 is 4.72 Å². The predicted molar refractivity (Wildman–Crippen MR) is 90.0 cm³/mol. The van der Waals surface area contributed by atoms with E-state index in [9.17, 15) is 22.0 Å². The summed E-state index contributed by atoms with van der Waals surface area (Å²) in [4.78, 5) is 12.2. The summed E-state index contributed by atoms with van der Waals surface area (Å²) in [5, 5.41) is 0. The van der Waals surface area contributed by atoms with Crippen molar-refractivity contribution in [3.05, 3.63) is 65.2 Å². The van der Waals surface area contributed by atoms with Crippen LogP contribution in [0.5, 0.6) is 0 Å². The molecule has 1 atom stereocenters. The number of halogens is 2. The van der Waals surface area contributed by atoms with Crippen molar-refractivity contribution in [1.29, 1.82) is 0 Å². The first-order valence-electron chi connectivity index (χ1n) is 8.04. The van der Waals surface area contributed by atoms with E-state index in [1.54, 1.807) is 0 Å². The zero-order chi connectivity index (χ0) is 18.9. The van der Waals surface area contributed by atoms with E-state index in [2.05, 4.69) is 4.72 Å². The van der Waals surface area contributed by atoms with Crippen molar-refractivity contribution in [2.75, 3.05) is 0 Å². The first-order chi connectivity index (χ1) is 12.3. The number of esters is 1. The second kappa shape index (κ2) is 7.13. The molecule has 8 heteroatoms. The smallest absolute Gasteiger partial charge is 0.338 e. The molecule has 1 fully saturated rings. The Morgan fingerprint density at radius 2 is 1.92 bits per heavy atom. The number of benzene rings is 2. The molecule has 5 nitrogen and oxygen atoms in total. The molecular weight excluding hydrogens is 364 g/mol. The van der Waals surface area contributed by atoms with Gasteiger partial charge >= 0.3 is 5.97 Å². The van der Waals surface area contributed by atoms with Crippen LogP contribution in [0.1, 0.15) is 41.8 Å². The number of hydrogen-bond acceptors (Lipinski definition) is 4. The van der Waals surface area contributed by atoms with Crippen molar-refractivity contribution in [2.24, 2.45) is 0 Å². The predicted octanol–water partition coefficient (Wildman–Crippen LogP) is 3.32. The Bertz CT molecular complexity index is 942. The average molecular weight is 381 g/mol. The van der Waals surface area contributed by atoms with Gasteiger partial charge in [0.05, 0.1) is 10.5 Å². The fourth-order valence-electron chi connectivity index (χ4n) is 2.40. The maximum Gasteiger partial charge on any atom is 0.338 e. The van der Waals surface area contributed by atoms with Crippen molar-refractivity contribution >= 4 is 16.0 Å². The SMILES string of the molecule is CC(OC(=O)c1cccc(S(=O)(=O)NC2CC2)c1)c1ccc(F)cc1F. The Morgan fingerprint density at radius 3 is 2.58 bits per heavy atom. The van der Waals surface area contributed by atoms with Gasteiger partial charge in [0.2, 0.25) is 10.0 Å². The van der Waals surface area contributed by atoms with E-state index < -0.39 is 33.7 Å². The van der Waals surface area contributed by atoms with Crippen LogP contribution in [0.2, 0.25) is 0 Å². The highest BCUT2D eigenvalue weighted by Gasteiger charge is 2.28. The molecule has 2 aromatic carbocycles. The largest absolute Gasteiger partial charge is 0.454 e. The van der Waals surface area contributed by atoms with E-state index in [0.717, 1.165) is 18.9 Å². The molecule has 0 aliphatic heterocycles. The second-order valence-corrected chi connectivity index (χ2v) is 7.85. The molecule has 1 saturated carbocycles. The molecule has 1 N–H and O–H groups in total. The summed E-state index contributed by atoms with van der Waals surface area (Å²) in [5.41, 5.74) is 0.0527. The van der Waals surface area contributed by atoms with Gasteiger partial charge < -0.3 is 4.74 Å². The number of carbonyl (C=O) groups excluding carboxylic acids is 1. The molecule has 2 aromatic rings. The Kier molecular flexibility index (Phi) is 5.06. The van der Waals surface area contributed by atoms with Crippen LogP contribution in [-0.4, -0.2) is 20.4 Å². The third-order valence-electron chi connectivity index (χ3n) is 3.96. The molecule has 0 heterocycles. The van der Waals surface area contributed by atoms with E-state index >= 15 is 0 Å². The molecule has 0 saturated heterocycles. The summed E-state index contributed by atoms with van der Waals surface area (Å²) in [7, 11) is -3.70. The van der Waals surface area contributed by atoms with Gasteiger partial charge in [0.15, 0.2) is 0 Å². The Morgan fingerprint density at radius 1 is 1.19 bits per heavy atom. The third-order valence-corrected chi connectivity index (χ3v) is 5.48. The lowest BCUT2D eigenvalue weighted by Crippen LogP contribution is -2.26. The standard InChI is InChI=1S/C18H17F2NO4S/c1-11(16-8-5-13(19)10-17(16)20)25-18(22)12-3-2-4-15(9-12)26(23,24)21-14-6-7-14/h2-5,8-11,14,21H,6-7H2,1H3. The lowest BCUT2D eigenvalue weighted by molar-refractivity contribution is 0.0331. The van der Waals surface area contributed by atoms with E-state index in [-0.39, 0.29) is 22.1 Å². The minimum absolute atomic E-state index is 0.0260. The highest BCUT2D eigenvalue weighted by atomic mass is 32.2. The minimum Gasteiger partial charge on any atom is -0.454 e. The number of hydrogen-bond donors (Lipinski definition) is 1. The molecule has 1 unspecified atom stereocenters. The van der Waals surface area contributed by atoms with Gasteiger partial charge in [0.25, 0.3) is 0 Å². The first-order valence-corrected chi connectivity index (χ1v) is 9.53. The van der Waals surface area contributed by atoms with Crippen LogP contribution in [0.3, 0.4) is 0 Å². The summed E-state index contributed by atoms with van der Waals surface area (Å²) in [5.74, 6) is -2.36. The molecule has 0 amide bonds. The summed E-state index contributed by atoms with van der Waals surface area (Å²) >= 11 is 0. The number of carbonyl (C=O) groups is 1. The highest BCUT2D eigenvalue weighted by molar-refractivity contribution is 7.89. The molecule has 0 aromatic heterocycles. The zero-order valence-electron chi connectivity index (χ0n) is 13.9. The molecule has 1 aliphatic carbocycles. The lowest BCUT2D eigenvalue weighted by Gasteiger charge is -2.15. The maximum absolute atomic E-state index is 13.8. The van der Waals surface area contributed by atoms with Gasteiger partial charge in [-0.3, -0.25) is 0 Å². The van der Waals surface area contributed by atoms with Crippen LogP contribution in [0, 0.1) is 11.6 Å². The van der Waals surface area contributed by atoms with Crippen molar-refractivity contribution in [1.82, 2.24) is 4.72 Å². The molecule has 3 rings (SSSR count). The summed E-state index contributed by atoms with van der Waals surface area (Å²) in [6.45, 7) is 1.45. The second-order valence-electron chi connectivity index (χ2n) is 6.14. The molecule has 0 spiro atoms. The number of ether oxygens (including phenoxy) is 1. The Labute approximate surface area is 150 Å². The van der Waals surface area contributed by atoms with Gasteiger partial charge in [-0.05, 0) is 50.1 Å². The number of rotatable bonds is 6. The maximum atomic E-state index is 13.8. The Hall–Kier alpha value is -2.32. The average Bonchev–Trinajstić information content (AvgIpc) is 3.38. The van der Waals surface area contributed by atoms with Crippen LogP contribution >= 0.6 is 0 Å². The van der Waals surface area contributed by atoms with Crippen molar-refractivity contribution < 1.29 is 26.7 Å². The van der Waals surface area contributed by atoms with Crippen LogP contribution in [0.25, 0.3) is 0 Å². The summed E-state index contributed by atoms with van der Waals surface area (Å²) in [6.07, 6.45) is 0.622. The van der Waals surface area contributed by atoms with Gasteiger partial charge in [-0.15, -0.1) is 0 Å². The van der Waals surface area contributed by atoms with E-state index in [1.165, 1.54) is 37.3 Å². The van der Waals surface area contributed by atoms with Crippen LogP contribution in [-0.2, 0) is 14.8 Å². The van der Waals surface area contributed by atoms with Gasteiger partial charge in [0.1, 0.15) is 17.7 Å². The van der Waals surface area contributed by atoms with Crippen molar-refractivity contribution in [3.63, 3.8) is 0 Å². The fraction of sp³-hybridized carbons (Fsp3) is 0.278. The van der Waals surface area contributed by atoms with Crippen LogP contribution in [0.4, 0.5) is 8.78 Å². The molecule has 26 heavy (non-hydrogen) atoms. The van der Waals surface area contributed by atoms with Crippen molar-refractivity contribution in [3.8, 4) is 0 Å². The van der Waals surface area contributed by atoms with E-state index in [4.69, 9.17) is 4.74 Å². The summed E-state index contributed by atoms with van der Waals surface area (Å²) < 4.78 is 58.9. The third kappa shape index (κ3) is 4.25. The fourth-order valence-corrected chi connectivity index (χ4v) is 3.75.